The Bertz CT molecular complexity index is 1260. The predicted octanol–water partition coefficient (Wildman–Crippen LogP) is 5.32. The van der Waals surface area contributed by atoms with Crippen LogP contribution in [0.1, 0.15) is 134 Å². The van der Waals surface area contributed by atoms with Crippen molar-refractivity contribution in [3.63, 3.8) is 0 Å². The van der Waals surface area contributed by atoms with E-state index in [0.717, 1.165) is 81.2 Å². The highest BCUT2D eigenvalue weighted by Gasteiger charge is 2.71. The van der Waals surface area contributed by atoms with E-state index in [4.69, 9.17) is 9.47 Å². The minimum absolute atomic E-state index is 0. The predicted molar refractivity (Wildman–Crippen MR) is 183 cm³/mol. The van der Waals surface area contributed by atoms with Crippen LogP contribution in [-0.4, -0.2) is 61.1 Å². The number of fused-ring (bicyclic) bond motifs is 7. The molecule has 0 unspecified atom stereocenters. The van der Waals surface area contributed by atoms with Gasteiger partial charge in [-0.05, 0) is 123 Å². The molecule has 0 N–H and O–H groups in total. The van der Waals surface area contributed by atoms with Crippen molar-refractivity contribution in [2.45, 2.75) is 140 Å². The second-order valence-electron chi connectivity index (χ2n) is 17.9. The molecule has 0 saturated heterocycles. The quantitative estimate of drug-likeness (QED) is 0.238. The first kappa shape index (κ1) is 38.6. The Hall–Kier alpha value is -1.21. The van der Waals surface area contributed by atoms with Crippen molar-refractivity contribution in [1.82, 2.24) is 0 Å². The van der Waals surface area contributed by atoms with Crippen molar-refractivity contribution in [2.24, 2.45) is 50.7 Å². The first-order valence-electron chi connectivity index (χ1n) is 18.9. The van der Waals surface area contributed by atoms with Gasteiger partial charge in [-0.15, -0.1) is 0 Å². The molecule has 8 atom stereocenters. The Morgan fingerprint density at radius 3 is 2.06 bits per heavy atom. The number of rotatable bonds is 9. The zero-order valence-electron chi connectivity index (χ0n) is 31.7. The number of likely N-dealkylation sites (N-methyl/N-ethyl adjacent to an activating group) is 1. The molecule has 0 radical (unpaired) electrons. The van der Waals surface area contributed by atoms with Gasteiger partial charge in [-0.3, -0.25) is 14.4 Å². The number of ether oxygens (including phenoxy) is 2. The maximum Gasteiger partial charge on any atom is 0.316 e. The molecule has 47 heavy (non-hydrogen) atoms. The molecule has 0 heterocycles. The SMILES string of the molecule is CC[N+](CC)(CC)CCOC(=O)[C@@]12CC[C@]3(C)[C@H](CC[C@@H]4[C@@]5(C)CC[C@H](OC(C)=O)C(C)(C)[C@@H]5CC[C@]43C)C1=C(C(C)C)C(=O)C2.[Br-]. The highest BCUT2D eigenvalue weighted by atomic mass is 79.9. The summed E-state index contributed by atoms with van der Waals surface area (Å²) in [6.07, 6.45) is 8.37. The lowest BCUT2D eigenvalue weighted by molar-refractivity contribution is -0.923. The van der Waals surface area contributed by atoms with Gasteiger partial charge in [-0.25, -0.2) is 0 Å². The van der Waals surface area contributed by atoms with Crippen LogP contribution in [0.5, 0.6) is 0 Å². The number of halogens is 1. The molecule has 7 heteroatoms. The summed E-state index contributed by atoms with van der Waals surface area (Å²) in [7, 11) is 0. The van der Waals surface area contributed by atoms with Gasteiger partial charge in [0.25, 0.3) is 0 Å². The van der Waals surface area contributed by atoms with E-state index in [0.29, 0.717) is 31.3 Å². The number of ketones is 1. The van der Waals surface area contributed by atoms with Crippen LogP contribution in [0.4, 0.5) is 0 Å². The van der Waals surface area contributed by atoms with Gasteiger partial charge in [0, 0.05) is 18.8 Å². The van der Waals surface area contributed by atoms with Gasteiger partial charge in [-0.2, -0.15) is 0 Å². The molecular formula is C40H66BrNO5. The molecule has 0 amide bonds. The third-order valence-corrected chi connectivity index (χ3v) is 15.9. The monoisotopic (exact) mass is 719 g/mol. The smallest absolute Gasteiger partial charge is 0.316 e. The molecule has 0 aromatic carbocycles. The molecule has 5 aliphatic carbocycles. The third-order valence-electron chi connectivity index (χ3n) is 15.9. The first-order chi connectivity index (χ1) is 21.4. The van der Waals surface area contributed by atoms with E-state index in [-0.39, 0.29) is 74.3 Å². The standard InChI is InChI=1S/C40H66NO5.BrH/c1-12-41(13-2,14-3)23-24-45-35(44)40-22-21-38(10)28(34(40)33(26(4)5)29(43)25-40)15-16-31-37(9)19-18-32(46-27(6)42)36(7,8)30(37)17-20-39(31,38)11;/h26,28,30-32H,12-25H2,1-11H3;1H/q+1;/p-1/t28-,30+,31-,32+,37+,38-,39-,40-;/m1./s1. The van der Waals surface area contributed by atoms with Crippen molar-refractivity contribution >= 4 is 17.7 Å². The van der Waals surface area contributed by atoms with Crippen LogP contribution in [0.2, 0.25) is 0 Å². The lowest BCUT2D eigenvalue weighted by atomic mass is 9.33. The van der Waals surface area contributed by atoms with Crippen LogP contribution < -0.4 is 17.0 Å². The molecule has 5 rings (SSSR count). The average Bonchev–Trinajstić information content (AvgIpc) is 3.30. The second kappa shape index (κ2) is 13.2. The Morgan fingerprint density at radius 1 is 0.851 bits per heavy atom. The van der Waals surface area contributed by atoms with Gasteiger partial charge in [0.05, 0.1) is 25.0 Å². The van der Waals surface area contributed by atoms with Crippen LogP contribution in [-0.2, 0) is 23.9 Å². The molecule has 268 valence electrons. The van der Waals surface area contributed by atoms with Crippen molar-refractivity contribution in [1.29, 1.82) is 0 Å². The lowest BCUT2D eigenvalue weighted by Gasteiger charge is -2.72. The van der Waals surface area contributed by atoms with Crippen LogP contribution in [0, 0.1) is 50.7 Å². The van der Waals surface area contributed by atoms with Crippen LogP contribution in [0.3, 0.4) is 0 Å². The number of quaternary nitrogens is 1. The van der Waals surface area contributed by atoms with Crippen LogP contribution >= 0.6 is 0 Å². The molecule has 6 nitrogen and oxygen atoms in total. The molecular weight excluding hydrogens is 654 g/mol. The Morgan fingerprint density at radius 2 is 1.49 bits per heavy atom. The molecule has 0 aliphatic heterocycles. The Balaban J connectivity index is 0.00000500. The van der Waals surface area contributed by atoms with E-state index in [1.807, 2.05) is 0 Å². The number of carbonyl (C=O) groups excluding carboxylic acids is 3. The Kier molecular flexibility index (Phi) is 10.8. The van der Waals surface area contributed by atoms with Gasteiger partial charge in [0.2, 0.25) is 0 Å². The van der Waals surface area contributed by atoms with E-state index in [1.54, 1.807) is 6.92 Å². The van der Waals surface area contributed by atoms with E-state index in [2.05, 4.69) is 69.2 Å². The summed E-state index contributed by atoms with van der Waals surface area (Å²) in [5.41, 5.74) is 1.52. The van der Waals surface area contributed by atoms with E-state index in [9.17, 15) is 14.4 Å². The number of carbonyl (C=O) groups is 3. The van der Waals surface area contributed by atoms with Gasteiger partial charge in [0.1, 0.15) is 19.3 Å². The van der Waals surface area contributed by atoms with E-state index < -0.39 is 5.41 Å². The number of nitrogens with zero attached hydrogens (tertiary/aromatic N) is 1. The topological polar surface area (TPSA) is 69.7 Å². The molecule has 0 spiro atoms. The summed E-state index contributed by atoms with van der Waals surface area (Å²) in [6.45, 7) is 29.2. The summed E-state index contributed by atoms with van der Waals surface area (Å²) in [4.78, 5) is 40.3. The summed E-state index contributed by atoms with van der Waals surface area (Å²) in [6, 6.07) is 0. The van der Waals surface area contributed by atoms with Gasteiger partial charge in [0.15, 0.2) is 5.78 Å². The van der Waals surface area contributed by atoms with Gasteiger partial charge >= 0.3 is 11.9 Å². The zero-order chi connectivity index (χ0) is 34.1. The number of allylic oxidation sites excluding steroid dienone is 1. The molecule has 0 aromatic rings. The number of esters is 2. The fourth-order valence-corrected chi connectivity index (χ4v) is 12.9. The number of hydrogen-bond acceptors (Lipinski definition) is 5. The number of hydrogen-bond donors (Lipinski definition) is 0. The van der Waals surface area contributed by atoms with Gasteiger partial charge < -0.3 is 30.9 Å². The largest absolute Gasteiger partial charge is 1.00 e. The van der Waals surface area contributed by atoms with E-state index in [1.165, 1.54) is 5.57 Å². The summed E-state index contributed by atoms with van der Waals surface area (Å²) >= 11 is 0. The minimum Gasteiger partial charge on any atom is -1.00 e. The van der Waals surface area contributed by atoms with E-state index >= 15 is 0 Å². The molecule has 4 fully saturated rings. The number of Topliss-reactive ketones (excluding diaryl/α,β-unsaturated/α-hetero) is 1. The highest BCUT2D eigenvalue weighted by Crippen LogP contribution is 2.76. The zero-order valence-corrected chi connectivity index (χ0v) is 33.2. The highest BCUT2D eigenvalue weighted by molar-refractivity contribution is 6.06. The van der Waals surface area contributed by atoms with Crippen molar-refractivity contribution in [2.75, 3.05) is 32.8 Å². The summed E-state index contributed by atoms with van der Waals surface area (Å²) < 4.78 is 13.1. The summed E-state index contributed by atoms with van der Waals surface area (Å²) in [5, 5.41) is 0. The van der Waals surface area contributed by atoms with Gasteiger partial charge in [-0.1, -0.05) is 48.5 Å². The Labute approximate surface area is 296 Å². The summed E-state index contributed by atoms with van der Waals surface area (Å²) in [5.74, 6) is 1.25. The van der Waals surface area contributed by atoms with Crippen molar-refractivity contribution < 1.29 is 45.3 Å². The maximum atomic E-state index is 14.4. The average molecular weight is 721 g/mol. The van der Waals surface area contributed by atoms with Crippen LogP contribution in [0.15, 0.2) is 11.1 Å². The normalized spacial score (nSPS) is 39.3. The lowest BCUT2D eigenvalue weighted by Crippen LogP contribution is -3.00. The minimum atomic E-state index is -0.796. The fraction of sp³-hybridized carbons (Fsp3) is 0.875. The first-order valence-corrected chi connectivity index (χ1v) is 18.9. The third kappa shape index (κ3) is 5.62. The van der Waals surface area contributed by atoms with Crippen molar-refractivity contribution in [3.05, 3.63) is 11.1 Å². The second-order valence-corrected chi connectivity index (χ2v) is 17.9. The van der Waals surface area contributed by atoms with Crippen LogP contribution in [0.25, 0.3) is 0 Å². The van der Waals surface area contributed by atoms with Crippen molar-refractivity contribution in [3.8, 4) is 0 Å². The fourth-order valence-electron chi connectivity index (χ4n) is 12.9. The molecule has 4 saturated carbocycles. The molecule has 5 aliphatic rings. The molecule has 0 bridgehead atoms. The molecule has 0 aromatic heterocycles. The maximum absolute atomic E-state index is 14.4.